The second-order valence-corrected chi connectivity index (χ2v) is 15.4. The number of thiophene rings is 4. The number of fused-ring (bicyclic) bond motifs is 7. The van der Waals surface area contributed by atoms with E-state index in [9.17, 15) is 0 Å². The van der Waals surface area contributed by atoms with Gasteiger partial charge in [0, 0.05) is 59.8 Å². The highest BCUT2D eigenvalue weighted by Crippen LogP contribution is 2.55. The highest BCUT2D eigenvalue weighted by molar-refractivity contribution is 7.27. The predicted octanol–water partition coefficient (Wildman–Crippen LogP) is 7.95. The number of rotatable bonds is 4. The molecular weight excluding hydrogens is 647 g/mol. The van der Waals surface area contributed by atoms with Crippen LogP contribution >= 0.6 is 45.3 Å². The zero-order chi connectivity index (χ0) is 31.7. The zero-order valence-electron chi connectivity index (χ0n) is 24.3. The van der Waals surface area contributed by atoms with Crippen molar-refractivity contribution in [3.8, 4) is 43.8 Å². The van der Waals surface area contributed by atoms with E-state index in [4.69, 9.17) is 21.0 Å². The van der Waals surface area contributed by atoms with Crippen LogP contribution < -0.4 is 10.6 Å². The SMILES string of the molecule is CC1C2=CC3C=c4c(n(C)c5cc(-c6ccc(N=C(C#N)C#N)s6)sc45)=CC3C=C2c2sc(-c3ccc(N=C(C#N)C#N)s3)cc21. The molecule has 7 nitrogen and oxygen atoms in total. The van der Waals surface area contributed by atoms with E-state index in [1.54, 1.807) is 22.7 Å². The molecule has 5 heterocycles. The van der Waals surface area contributed by atoms with Crippen molar-refractivity contribution in [2.45, 2.75) is 12.8 Å². The van der Waals surface area contributed by atoms with E-state index in [1.807, 2.05) is 48.5 Å². The highest BCUT2D eigenvalue weighted by atomic mass is 32.1. The molecule has 0 bridgehead atoms. The summed E-state index contributed by atoms with van der Waals surface area (Å²) in [6.07, 6.45) is 9.78. The normalized spacial score (nSPS) is 18.5. The minimum atomic E-state index is -0.139. The lowest BCUT2D eigenvalue weighted by Crippen LogP contribution is -2.35. The van der Waals surface area contributed by atoms with Crippen molar-refractivity contribution >= 4 is 94.7 Å². The van der Waals surface area contributed by atoms with Crippen molar-refractivity contribution in [1.82, 2.24) is 4.57 Å². The van der Waals surface area contributed by atoms with Gasteiger partial charge in [-0.2, -0.15) is 21.0 Å². The van der Waals surface area contributed by atoms with Gasteiger partial charge in [-0.05, 0) is 53.1 Å². The first-order chi connectivity index (χ1) is 22.4. The number of aryl methyl sites for hydroxylation is 1. The van der Waals surface area contributed by atoms with Crippen LogP contribution in [0.4, 0.5) is 10.0 Å². The van der Waals surface area contributed by atoms with Crippen LogP contribution in [0.5, 0.6) is 0 Å². The van der Waals surface area contributed by atoms with Crippen molar-refractivity contribution in [1.29, 1.82) is 21.0 Å². The zero-order valence-corrected chi connectivity index (χ0v) is 27.5. The van der Waals surface area contributed by atoms with Gasteiger partial charge in [0.15, 0.2) is 0 Å². The van der Waals surface area contributed by atoms with E-state index in [0.29, 0.717) is 15.9 Å². The van der Waals surface area contributed by atoms with Gasteiger partial charge in [-0.15, -0.1) is 45.3 Å². The molecule has 3 aliphatic rings. The van der Waals surface area contributed by atoms with Gasteiger partial charge in [0.1, 0.15) is 34.3 Å². The largest absolute Gasteiger partial charge is 0.343 e. The predicted molar refractivity (Wildman–Crippen MR) is 188 cm³/mol. The Balaban J connectivity index is 1.14. The Hall–Kier alpha value is -5.14. The van der Waals surface area contributed by atoms with E-state index >= 15 is 0 Å². The molecular formula is C35H19N7S4. The average Bonchev–Trinajstić information content (AvgIpc) is 3.92. The average molecular weight is 666 g/mol. The molecule has 46 heavy (non-hydrogen) atoms. The van der Waals surface area contributed by atoms with E-state index in [1.165, 1.54) is 69.9 Å². The molecule has 0 saturated carbocycles. The van der Waals surface area contributed by atoms with Crippen LogP contribution in [0.3, 0.4) is 0 Å². The Labute approximate surface area is 279 Å². The summed E-state index contributed by atoms with van der Waals surface area (Å²) < 4.78 is 3.56. The maximum absolute atomic E-state index is 9.07. The number of allylic oxidation sites excluding steroid dienone is 4. The Morgan fingerprint density at radius 1 is 0.717 bits per heavy atom. The van der Waals surface area contributed by atoms with Gasteiger partial charge in [0.25, 0.3) is 0 Å². The van der Waals surface area contributed by atoms with Crippen LogP contribution in [0.2, 0.25) is 0 Å². The summed E-state index contributed by atoms with van der Waals surface area (Å²) in [5, 5.41) is 40.1. The first-order valence-corrected chi connectivity index (χ1v) is 17.5. The minimum absolute atomic E-state index is 0.134. The van der Waals surface area contributed by atoms with E-state index in [0.717, 1.165) is 14.6 Å². The van der Waals surface area contributed by atoms with Crippen LogP contribution in [0.25, 0.3) is 47.5 Å². The van der Waals surface area contributed by atoms with Gasteiger partial charge in [0.2, 0.25) is 11.4 Å². The number of aliphatic imine (C=N–C) groups is 2. The summed E-state index contributed by atoms with van der Waals surface area (Å²) in [6.45, 7) is 2.29. The summed E-state index contributed by atoms with van der Waals surface area (Å²) in [4.78, 5) is 14.1. The van der Waals surface area contributed by atoms with Crippen LogP contribution in [0.15, 0.2) is 64.1 Å². The molecule has 0 radical (unpaired) electrons. The molecule has 0 aliphatic heterocycles. The molecule has 0 fully saturated rings. The Morgan fingerprint density at radius 3 is 1.96 bits per heavy atom. The molecule has 3 aliphatic carbocycles. The molecule has 5 aromatic rings. The van der Waals surface area contributed by atoms with Crippen molar-refractivity contribution < 1.29 is 0 Å². The second-order valence-electron chi connectivity index (χ2n) is 11.1. The first-order valence-electron chi connectivity index (χ1n) is 14.3. The molecule has 11 heteroatoms. The first kappa shape index (κ1) is 28.3. The number of nitrogens with zero attached hydrogens (tertiary/aromatic N) is 7. The minimum Gasteiger partial charge on any atom is -0.343 e. The van der Waals surface area contributed by atoms with Crippen molar-refractivity contribution in [3.63, 3.8) is 0 Å². The lowest BCUT2D eigenvalue weighted by molar-refractivity contribution is 0.705. The van der Waals surface area contributed by atoms with E-state index in [2.05, 4.69) is 65.0 Å². The molecule has 3 atom stereocenters. The number of nitriles is 4. The summed E-state index contributed by atoms with van der Waals surface area (Å²) in [5.41, 5.74) is 5.00. The maximum Gasteiger partial charge on any atom is 0.219 e. The number of hydrogen-bond donors (Lipinski definition) is 0. The molecule has 3 unspecified atom stereocenters. The Bertz CT molecular complexity index is 2550. The number of aromatic nitrogens is 1. The fourth-order valence-electron chi connectivity index (χ4n) is 6.46. The quantitative estimate of drug-likeness (QED) is 0.181. The summed E-state index contributed by atoms with van der Waals surface area (Å²) in [7, 11) is 2.13. The Morgan fingerprint density at radius 2 is 1.33 bits per heavy atom. The third kappa shape index (κ3) is 4.37. The van der Waals surface area contributed by atoms with Gasteiger partial charge < -0.3 is 4.57 Å². The van der Waals surface area contributed by atoms with Crippen LogP contribution in [0.1, 0.15) is 23.3 Å². The molecule has 0 saturated heterocycles. The van der Waals surface area contributed by atoms with Crippen LogP contribution in [0, 0.1) is 57.2 Å². The van der Waals surface area contributed by atoms with E-state index < -0.39 is 0 Å². The standard InChI is InChI=1S/C35H19N7S4/c1-17-22-7-18-9-25-26(42(2)27-12-31(46-35(25)27)29-4-6-33(44-29)41-21(15-38)16-39)10-19(18)8-24(22)34-23(17)11-30(45-34)28-3-5-32(43-28)40-20(13-36)14-37/h3-12,17-19H,1-2H3. The molecule has 0 amide bonds. The van der Waals surface area contributed by atoms with Gasteiger partial charge in [-0.1, -0.05) is 31.2 Å². The summed E-state index contributed by atoms with van der Waals surface area (Å²) >= 11 is 6.56. The molecule has 0 spiro atoms. The van der Waals surface area contributed by atoms with Gasteiger partial charge >= 0.3 is 0 Å². The van der Waals surface area contributed by atoms with Crippen molar-refractivity contribution in [2.75, 3.05) is 0 Å². The van der Waals surface area contributed by atoms with Gasteiger partial charge in [-0.25, -0.2) is 9.98 Å². The smallest absolute Gasteiger partial charge is 0.219 e. The fourth-order valence-corrected chi connectivity index (χ4v) is 10.9. The second kappa shape index (κ2) is 10.7. The lowest BCUT2D eigenvalue weighted by atomic mass is 9.79. The van der Waals surface area contributed by atoms with Crippen molar-refractivity contribution in [2.24, 2.45) is 28.9 Å². The number of hydrogen-bond acceptors (Lipinski definition) is 10. The fraction of sp³-hybridized carbons (Fsp3) is 0.143. The Kier molecular flexibility index (Phi) is 6.62. The maximum atomic E-state index is 9.07. The van der Waals surface area contributed by atoms with Crippen LogP contribution in [-0.4, -0.2) is 16.0 Å². The molecule has 0 N–H and O–H groups in total. The third-order valence-corrected chi connectivity index (χ3v) is 13.3. The highest BCUT2D eigenvalue weighted by Gasteiger charge is 2.36. The summed E-state index contributed by atoms with van der Waals surface area (Å²) in [5.74, 6) is 0.844. The van der Waals surface area contributed by atoms with E-state index in [-0.39, 0.29) is 23.3 Å². The molecule has 8 rings (SSSR count). The topological polar surface area (TPSA) is 125 Å². The monoisotopic (exact) mass is 665 g/mol. The molecule has 218 valence electrons. The summed E-state index contributed by atoms with van der Waals surface area (Å²) in [6, 6.07) is 19.6. The van der Waals surface area contributed by atoms with Gasteiger partial charge in [0.05, 0.1) is 10.2 Å². The molecule has 0 aromatic carbocycles. The van der Waals surface area contributed by atoms with Crippen LogP contribution in [-0.2, 0) is 7.05 Å². The third-order valence-electron chi connectivity index (χ3n) is 8.63. The van der Waals surface area contributed by atoms with Crippen molar-refractivity contribution in [3.05, 3.63) is 75.1 Å². The lowest BCUT2D eigenvalue weighted by Gasteiger charge is -2.26. The van der Waals surface area contributed by atoms with Gasteiger partial charge in [-0.3, -0.25) is 0 Å². The molecule has 5 aromatic heterocycles.